The molecule has 0 aliphatic heterocycles. The van der Waals surface area contributed by atoms with Crippen LogP contribution >= 0.6 is 27.5 Å². The minimum Gasteiger partial charge on any atom is -0.450 e. The molecular weight excluding hydrogens is 446 g/mol. The quantitative estimate of drug-likeness (QED) is 0.416. The third-order valence-electron chi connectivity index (χ3n) is 3.73. The van der Waals surface area contributed by atoms with Crippen molar-refractivity contribution in [3.8, 4) is 0 Å². The largest absolute Gasteiger partial charge is 0.450 e. The fourth-order valence-electron chi connectivity index (χ4n) is 2.45. The Bertz CT molecular complexity index is 862. The van der Waals surface area contributed by atoms with Crippen LogP contribution in [0, 0.1) is 0 Å². The van der Waals surface area contributed by atoms with E-state index in [9.17, 15) is 4.79 Å². The Morgan fingerprint density at radius 2 is 2.25 bits per heavy atom. The summed E-state index contributed by atoms with van der Waals surface area (Å²) in [5.74, 6) is 0.577. The lowest BCUT2D eigenvalue weighted by molar-refractivity contribution is 0.143. The molecule has 0 radical (unpaired) electrons. The van der Waals surface area contributed by atoms with E-state index in [1.165, 1.54) is 0 Å². The van der Waals surface area contributed by atoms with Crippen molar-refractivity contribution in [1.82, 2.24) is 14.9 Å². The van der Waals surface area contributed by atoms with E-state index in [-0.39, 0.29) is 0 Å². The maximum atomic E-state index is 11.8. The molecule has 1 aromatic heterocycles. The molecule has 9 heteroatoms. The van der Waals surface area contributed by atoms with Gasteiger partial charge < -0.3 is 20.4 Å². The van der Waals surface area contributed by atoms with Crippen LogP contribution in [0.2, 0.25) is 0 Å². The first kappa shape index (κ1) is 22.0. The number of amides is 1. The van der Waals surface area contributed by atoms with E-state index < -0.39 is 6.09 Å². The van der Waals surface area contributed by atoms with Crippen molar-refractivity contribution in [2.75, 3.05) is 6.61 Å². The number of nitrogens with one attached hydrogen (secondary N) is 1. The van der Waals surface area contributed by atoms with Crippen molar-refractivity contribution in [2.24, 2.45) is 10.7 Å². The molecule has 7 nitrogen and oxygen atoms in total. The van der Waals surface area contributed by atoms with Crippen LogP contribution in [-0.4, -0.2) is 27.4 Å². The van der Waals surface area contributed by atoms with Crippen molar-refractivity contribution < 1.29 is 9.53 Å². The molecule has 28 heavy (non-hydrogen) atoms. The van der Waals surface area contributed by atoms with Crippen molar-refractivity contribution in [1.29, 1.82) is 0 Å². The number of nitrogens with zero attached hydrogens (tertiary/aromatic N) is 3. The Balaban J connectivity index is 1.73. The van der Waals surface area contributed by atoms with E-state index in [1.54, 1.807) is 13.3 Å². The number of halogens is 2. The Morgan fingerprint density at radius 1 is 1.46 bits per heavy atom. The molecule has 3 N–H and O–H groups in total. The maximum Gasteiger partial charge on any atom is 0.407 e. The third kappa shape index (κ3) is 7.01. The average Bonchev–Trinajstić information content (AvgIpc) is 3.02. The second kappa shape index (κ2) is 10.9. The predicted octanol–water partition coefficient (Wildman–Crippen LogP) is 4.57. The van der Waals surface area contributed by atoms with Crippen LogP contribution in [0.1, 0.15) is 31.0 Å². The van der Waals surface area contributed by atoms with Crippen LogP contribution in [0.3, 0.4) is 0 Å². The van der Waals surface area contributed by atoms with Crippen LogP contribution in [-0.2, 0) is 17.8 Å². The van der Waals surface area contributed by atoms with Gasteiger partial charge in [0.05, 0.1) is 18.6 Å². The number of ether oxygens (including phenoxy) is 1. The summed E-state index contributed by atoms with van der Waals surface area (Å²) in [7, 11) is 0. The highest BCUT2D eigenvalue weighted by molar-refractivity contribution is 9.10. The van der Waals surface area contributed by atoms with E-state index in [1.807, 2.05) is 28.8 Å². The van der Waals surface area contributed by atoms with Crippen LogP contribution in [0.5, 0.6) is 0 Å². The molecule has 0 bridgehead atoms. The molecular formula is C19H23BrClN5O2. The monoisotopic (exact) mass is 467 g/mol. The van der Waals surface area contributed by atoms with Gasteiger partial charge >= 0.3 is 6.09 Å². The Hall–Kier alpha value is -2.32. The Labute approximate surface area is 177 Å². The zero-order valence-electron chi connectivity index (χ0n) is 15.6. The van der Waals surface area contributed by atoms with Gasteiger partial charge in [0.2, 0.25) is 0 Å². The lowest BCUT2D eigenvalue weighted by atomic mass is 10.2. The molecule has 0 spiro atoms. The summed E-state index contributed by atoms with van der Waals surface area (Å²) >= 11 is 9.29. The van der Waals surface area contributed by atoms with E-state index >= 15 is 0 Å². The Kier molecular flexibility index (Phi) is 8.53. The van der Waals surface area contributed by atoms with E-state index in [0.29, 0.717) is 48.5 Å². The molecule has 0 saturated carbocycles. The second-order valence-electron chi connectivity index (χ2n) is 6.07. The van der Waals surface area contributed by atoms with Gasteiger partial charge in [-0.15, -0.1) is 0 Å². The number of benzene rings is 1. The second-order valence-corrected chi connectivity index (χ2v) is 7.53. The number of rotatable bonds is 9. The van der Waals surface area contributed by atoms with Crippen molar-refractivity contribution in [2.45, 2.75) is 32.9 Å². The highest BCUT2D eigenvalue weighted by Crippen LogP contribution is 2.23. The van der Waals surface area contributed by atoms with Gasteiger partial charge in [-0.25, -0.2) is 14.8 Å². The van der Waals surface area contributed by atoms with Gasteiger partial charge in [0.25, 0.3) is 0 Å². The summed E-state index contributed by atoms with van der Waals surface area (Å²) < 4.78 is 8.02. The molecule has 150 valence electrons. The van der Waals surface area contributed by atoms with Gasteiger partial charge in [0, 0.05) is 17.6 Å². The average molecular weight is 469 g/mol. The molecule has 1 heterocycles. The van der Waals surface area contributed by atoms with Crippen molar-refractivity contribution in [3.63, 3.8) is 0 Å². The highest BCUT2D eigenvalue weighted by atomic mass is 79.9. The molecule has 0 atom stereocenters. The number of carbonyl (C=O) groups is 1. The normalized spacial score (nSPS) is 11.3. The van der Waals surface area contributed by atoms with Gasteiger partial charge in [0.15, 0.2) is 5.82 Å². The molecule has 0 saturated heterocycles. The predicted molar refractivity (Wildman–Crippen MR) is 116 cm³/mol. The molecule has 0 aliphatic carbocycles. The van der Waals surface area contributed by atoms with Gasteiger partial charge in [0.1, 0.15) is 10.9 Å². The number of alkyl carbamates (subject to hydrolysis) is 1. The Morgan fingerprint density at radius 3 is 2.93 bits per heavy atom. The van der Waals surface area contributed by atoms with Crippen LogP contribution in [0.4, 0.5) is 10.6 Å². The molecule has 2 aromatic rings. The lowest BCUT2D eigenvalue weighted by Crippen LogP contribution is -2.24. The fraction of sp³-hybridized carbons (Fsp3) is 0.316. The van der Waals surface area contributed by atoms with E-state index in [0.717, 1.165) is 16.5 Å². The zero-order chi connectivity index (χ0) is 20.5. The van der Waals surface area contributed by atoms with Gasteiger partial charge in [-0.2, -0.15) is 0 Å². The fourth-order valence-corrected chi connectivity index (χ4v) is 2.98. The van der Waals surface area contributed by atoms with Gasteiger partial charge in [-0.1, -0.05) is 46.2 Å². The topological polar surface area (TPSA) is 94.5 Å². The molecule has 1 aromatic carbocycles. The highest BCUT2D eigenvalue weighted by Gasteiger charge is 2.11. The summed E-state index contributed by atoms with van der Waals surface area (Å²) in [6, 6.07) is 7.72. The van der Waals surface area contributed by atoms with E-state index in [4.69, 9.17) is 22.1 Å². The maximum absolute atomic E-state index is 11.8. The van der Waals surface area contributed by atoms with Crippen molar-refractivity contribution in [3.05, 3.63) is 52.9 Å². The zero-order valence-corrected chi connectivity index (χ0v) is 18.0. The molecule has 0 fully saturated rings. The van der Waals surface area contributed by atoms with Crippen LogP contribution < -0.4 is 11.1 Å². The van der Waals surface area contributed by atoms with Gasteiger partial charge in [-0.3, -0.25) is 0 Å². The van der Waals surface area contributed by atoms with Crippen molar-refractivity contribution >= 4 is 50.3 Å². The van der Waals surface area contributed by atoms with Crippen LogP contribution in [0.25, 0.3) is 5.70 Å². The number of aliphatic imine (C=N–C) groups is 1. The number of hydrogen-bond acceptors (Lipinski definition) is 5. The standard InChI is InChI=1S/C19H23BrClN5O2/c1-13(22)17-18(25-14(2)21)26(12-24-17)8-3-4-9-28-19(27)23-11-15-6-5-7-16(20)10-15/h5-7,10,12H,1,3-4,8-9,11,22H2,2H3,(H,23,27). The first-order valence-electron chi connectivity index (χ1n) is 8.72. The SMILES string of the molecule is C=C(N)c1ncn(CCCCOC(=O)NCc2cccc(Br)c2)c1N=C(C)Cl. The number of imidazole rings is 1. The number of nitrogens with two attached hydrogens (primary N) is 1. The molecule has 0 aliphatic rings. The summed E-state index contributed by atoms with van der Waals surface area (Å²) in [6.07, 6.45) is 2.69. The molecule has 0 unspecified atom stereocenters. The molecule has 2 rings (SSSR count). The number of aromatic nitrogens is 2. The number of aryl methyl sites for hydroxylation is 1. The first-order valence-corrected chi connectivity index (χ1v) is 9.89. The minimum absolute atomic E-state index is 0.322. The summed E-state index contributed by atoms with van der Waals surface area (Å²) in [4.78, 5) is 20.3. The number of unbranched alkanes of at least 4 members (excludes halogenated alkanes) is 1. The smallest absolute Gasteiger partial charge is 0.407 e. The summed E-state index contributed by atoms with van der Waals surface area (Å²) in [5.41, 5.74) is 7.59. The van der Waals surface area contributed by atoms with Gasteiger partial charge in [-0.05, 0) is 37.5 Å². The third-order valence-corrected chi connectivity index (χ3v) is 4.30. The first-order chi connectivity index (χ1) is 13.4. The number of hydrogen-bond donors (Lipinski definition) is 2. The van der Waals surface area contributed by atoms with Crippen LogP contribution in [0.15, 0.2) is 46.6 Å². The molecule has 1 amide bonds. The number of carbonyl (C=O) groups excluding carboxylic acids is 1. The summed E-state index contributed by atoms with van der Waals surface area (Å²) in [5, 5.41) is 3.11. The minimum atomic E-state index is -0.438. The van der Waals surface area contributed by atoms with E-state index in [2.05, 4.69) is 37.8 Å². The summed E-state index contributed by atoms with van der Waals surface area (Å²) in [6.45, 7) is 6.77. The lowest BCUT2D eigenvalue weighted by Gasteiger charge is -2.09.